The summed E-state index contributed by atoms with van der Waals surface area (Å²) in [6.07, 6.45) is 1.49. The highest BCUT2D eigenvalue weighted by Crippen LogP contribution is 2.17. The van der Waals surface area contributed by atoms with E-state index in [1.165, 1.54) is 22.7 Å². The van der Waals surface area contributed by atoms with Crippen LogP contribution in [0.25, 0.3) is 0 Å². The number of hydrazone groups is 1. The number of nitrogens with one attached hydrogen (secondary N) is 1. The predicted molar refractivity (Wildman–Crippen MR) is 109 cm³/mol. The number of nitrogens with zero attached hydrogens (tertiary/aromatic N) is 2. The predicted octanol–water partition coefficient (Wildman–Crippen LogP) is 2.88. The van der Waals surface area contributed by atoms with Crippen molar-refractivity contribution < 1.29 is 17.9 Å². The number of benzene rings is 2. The minimum absolute atomic E-state index is 0.0783. The van der Waals surface area contributed by atoms with Gasteiger partial charge >= 0.3 is 0 Å². The molecular formula is C20H25N3O4S. The van der Waals surface area contributed by atoms with Crippen molar-refractivity contribution in [3.63, 3.8) is 0 Å². The molecule has 0 spiro atoms. The summed E-state index contributed by atoms with van der Waals surface area (Å²) in [5, 5.41) is 3.96. The molecule has 2 aromatic carbocycles. The van der Waals surface area contributed by atoms with Gasteiger partial charge in [-0.3, -0.25) is 4.79 Å². The van der Waals surface area contributed by atoms with Gasteiger partial charge in [-0.15, -0.1) is 0 Å². The maximum atomic E-state index is 12.6. The molecule has 0 saturated heterocycles. The van der Waals surface area contributed by atoms with E-state index < -0.39 is 15.9 Å². The van der Waals surface area contributed by atoms with E-state index in [0.29, 0.717) is 25.4 Å². The van der Waals surface area contributed by atoms with Gasteiger partial charge in [0.25, 0.3) is 5.91 Å². The van der Waals surface area contributed by atoms with E-state index in [1.807, 2.05) is 31.2 Å². The molecule has 1 N–H and O–H groups in total. The van der Waals surface area contributed by atoms with Crippen molar-refractivity contribution in [3.8, 4) is 5.75 Å². The first-order valence-corrected chi connectivity index (χ1v) is 10.5. The van der Waals surface area contributed by atoms with Crippen molar-refractivity contribution in [1.29, 1.82) is 0 Å². The van der Waals surface area contributed by atoms with E-state index in [0.717, 1.165) is 5.56 Å². The minimum atomic E-state index is -3.63. The molecule has 0 aliphatic carbocycles. The molecule has 0 aliphatic heterocycles. The van der Waals surface area contributed by atoms with Crippen molar-refractivity contribution >= 4 is 22.1 Å². The van der Waals surface area contributed by atoms with Gasteiger partial charge in [-0.05, 0) is 37.3 Å². The Hall–Kier alpha value is -2.71. The number of carbonyl (C=O) groups excluding carboxylic acids is 1. The van der Waals surface area contributed by atoms with Crippen molar-refractivity contribution in [1.82, 2.24) is 9.73 Å². The highest BCUT2D eigenvalue weighted by atomic mass is 32.2. The SMILES string of the molecule is CCOc1ccccc1/C=N\NC(=O)c1cccc(S(=O)(=O)N(CC)CC)c1. The molecule has 8 heteroatoms. The lowest BCUT2D eigenvalue weighted by molar-refractivity contribution is 0.0955. The van der Waals surface area contributed by atoms with Gasteiger partial charge in [0.1, 0.15) is 5.75 Å². The molecule has 28 heavy (non-hydrogen) atoms. The Labute approximate surface area is 166 Å². The molecule has 0 radical (unpaired) electrons. The standard InChI is InChI=1S/C20H25N3O4S/c1-4-23(5-2)28(25,26)18-12-9-11-16(14-18)20(24)22-21-15-17-10-7-8-13-19(17)27-6-3/h7-15H,4-6H2,1-3H3,(H,22,24)/b21-15-. The molecule has 0 fully saturated rings. The lowest BCUT2D eigenvalue weighted by Crippen LogP contribution is -2.30. The third-order valence-corrected chi connectivity index (χ3v) is 6.07. The molecule has 0 atom stereocenters. The maximum absolute atomic E-state index is 12.6. The van der Waals surface area contributed by atoms with Crippen LogP contribution < -0.4 is 10.2 Å². The second-order valence-corrected chi connectivity index (χ2v) is 7.73. The van der Waals surface area contributed by atoms with Gasteiger partial charge in [-0.2, -0.15) is 9.41 Å². The quantitative estimate of drug-likeness (QED) is 0.515. The van der Waals surface area contributed by atoms with Crippen LogP contribution in [-0.4, -0.2) is 44.5 Å². The Kier molecular flexibility index (Phi) is 7.71. The molecule has 7 nitrogen and oxygen atoms in total. The lowest BCUT2D eigenvalue weighted by Gasteiger charge is -2.18. The molecule has 0 saturated carbocycles. The van der Waals surface area contributed by atoms with E-state index in [4.69, 9.17) is 4.74 Å². The number of hydrogen-bond donors (Lipinski definition) is 1. The van der Waals surface area contributed by atoms with E-state index in [9.17, 15) is 13.2 Å². The average Bonchev–Trinajstić information content (AvgIpc) is 2.70. The maximum Gasteiger partial charge on any atom is 0.271 e. The van der Waals surface area contributed by atoms with Crippen molar-refractivity contribution in [2.24, 2.45) is 5.10 Å². The number of ether oxygens (including phenoxy) is 1. The highest BCUT2D eigenvalue weighted by Gasteiger charge is 2.22. The second kappa shape index (κ2) is 10.0. The van der Waals surface area contributed by atoms with Crippen LogP contribution in [0.15, 0.2) is 58.5 Å². The fraction of sp³-hybridized carbons (Fsp3) is 0.300. The summed E-state index contributed by atoms with van der Waals surface area (Å²) in [6, 6.07) is 13.2. The fourth-order valence-electron chi connectivity index (χ4n) is 2.61. The molecule has 150 valence electrons. The summed E-state index contributed by atoms with van der Waals surface area (Å²) in [4.78, 5) is 12.4. The Balaban J connectivity index is 2.16. The minimum Gasteiger partial charge on any atom is -0.493 e. The zero-order chi connectivity index (χ0) is 20.6. The normalized spacial score (nSPS) is 11.7. The summed E-state index contributed by atoms with van der Waals surface area (Å²) < 4.78 is 32.1. The monoisotopic (exact) mass is 403 g/mol. The van der Waals surface area contributed by atoms with Crippen LogP contribution in [0.1, 0.15) is 36.7 Å². The van der Waals surface area contributed by atoms with E-state index in [2.05, 4.69) is 10.5 Å². The second-order valence-electron chi connectivity index (χ2n) is 5.79. The topological polar surface area (TPSA) is 88.1 Å². The molecule has 2 aromatic rings. The molecule has 0 aromatic heterocycles. The van der Waals surface area contributed by atoms with Crippen LogP contribution in [0.4, 0.5) is 0 Å². The van der Waals surface area contributed by atoms with Gasteiger partial charge in [-0.1, -0.05) is 32.0 Å². The van der Waals surface area contributed by atoms with Crippen molar-refractivity contribution in [3.05, 3.63) is 59.7 Å². The average molecular weight is 404 g/mol. The molecular weight excluding hydrogens is 378 g/mol. The molecule has 0 heterocycles. The summed E-state index contributed by atoms with van der Waals surface area (Å²) in [5.74, 6) is 0.164. The molecule has 0 unspecified atom stereocenters. The number of hydrogen-bond acceptors (Lipinski definition) is 5. The lowest BCUT2D eigenvalue weighted by atomic mass is 10.2. The summed E-state index contributed by atoms with van der Waals surface area (Å²) in [5.41, 5.74) is 3.36. The van der Waals surface area contributed by atoms with Gasteiger partial charge in [0.05, 0.1) is 17.7 Å². The smallest absolute Gasteiger partial charge is 0.271 e. The summed E-state index contributed by atoms with van der Waals surface area (Å²) >= 11 is 0. The van der Waals surface area contributed by atoms with Crippen molar-refractivity contribution in [2.45, 2.75) is 25.7 Å². The first kappa shape index (κ1) is 21.6. The van der Waals surface area contributed by atoms with Gasteiger partial charge in [-0.25, -0.2) is 13.8 Å². The Bertz CT molecular complexity index is 938. The van der Waals surface area contributed by atoms with Gasteiger partial charge in [0.15, 0.2) is 0 Å². The van der Waals surface area contributed by atoms with Gasteiger partial charge in [0.2, 0.25) is 10.0 Å². The highest BCUT2D eigenvalue weighted by molar-refractivity contribution is 7.89. The molecule has 2 rings (SSSR count). The van der Waals surface area contributed by atoms with Crippen LogP contribution >= 0.6 is 0 Å². The van der Waals surface area contributed by atoms with Crippen LogP contribution in [0.2, 0.25) is 0 Å². The third-order valence-electron chi connectivity index (χ3n) is 4.03. The zero-order valence-corrected chi connectivity index (χ0v) is 17.1. The Morgan fingerprint density at radius 2 is 1.82 bits per heavy atom. The Morgan fingerprint density at radius 1 is 1.11 bits per heavy atom. The van der Waals surface area contributed by atoms with Crippen LogP contribution in [-0.2, 0) is 10.0 Å². The number of carbonyl (C=O) groups is 1. The molecule has 0 aliphatic rings. The van der Waals surface area contributed by atoms with Crippen LogP contribution in [0.3, 0.4) is 0 Å². The molecule has 1 amide bonds. The summed E-state index contributed by atoms with van der Waals surface area (Å²) in [7, 11) is -3.63. The first-order chi connectivity index (χ1) is 13.4. The van der Waals surface area contributed by atoms with E-state index in [-0.39, 0.29) is 10.5 Å². The zero-order valence-electron chi connectivity index (χ0n) is 16.3. The van der Waals surface area contributed by atoms with Crippen LogP contribution in [0, 0.1) is 0 Å². The van der Waals surface area contributed by atoms with Crippen LogP contribution in [0.5, 0.6) is 5.75 Å². The van der Waals surface area contributed by atoms with E-state index in [1.54, 1.807) is 26.0 Å². The first-order valence-electron chi connectivity index (χ1n) is 9.09. The van der Waals surface area contributed by atoms with Crippen molar-refractivity contribution in [2.75, 3.05) is 19.7 Å². The fourth-order valence-corrected chi connectivity index (χ4v) is 4.11. The Morgan fingerprint density at radius 3 is 2.50 bits per heavy atom. The summed E-state index contributed by atoms with van der Waals surface area (Å²) in [6.45, 7) is 6.66. The number of sulfonamides is 1. The third kappa shape index (κ3) is 5.17. The number of para-hydroxylation sites is 1. The van der Waals surface area contributed by atoms with Gasteiger partial charge < -0.3 is 4.74 Å². The van der Waals surface area contributed by atoms with E-state index >= 15 is 0 Å². The largest absolute Gasteiger partial charge is 0.493 e. The number of rotatable bonds is 9. The van der Waals surface area contributed by atoms with Gasteiger partial charge in [0, 0.05) is 24.2 Å². The molecule has 0 bridgehead atoms. The number of amides is 1.